The molecule has 2 N–H and O–H groups in total. The summed E-state index contributed by atoms with van der Waals surface area (Å²) in [6.45, 7) is 3.83. The van der Waals surface area contributed by atoms with Crippen molar-refractivity contribution in [2.24, 2.45) is 0 Å². The predicted octanol–water partition coefficient (Wildman–Crippen LogP) is 4.09. The first-order valence-corrected chi connectivity index (χ1v) is 6.60. The highest BCUT2D eigenvalue weighted by atomic mass is 16.5. The lowest BCUT2D eigenvalue weighted by Gasteiger charge is -2.10. The molecule has 0 aliphatic carbocycles. The Balaban J connectivity index is 2.21. The van der Waals surface area contributed by atoms with E-state index < -0.39 is 0 Å². The van der Waals surface area contributed by atoms with Crippen LogP contribution in [0, 0.1) is 0 Å². The predicted molar refractivity (Wildman–Crippen MR) is 84.7 cm³/mol. The maximum Gasteiger partial charge on any atom is 0.160 e. The van der Waals surface area contributed by atoms with Crippen molar-refractivity contribution in [2.75, 3.05) is 7.11 Å². The molecule has 0 amide bonds. The van der Waals surface area contributed by atoms with Crippen LogP contribution in [0.15, 0.2) is 61.2 Å². The lowest BCUT2D eigenvalue weighted by atomic mass is 9.97. The van der Waals surface area contributed by atoms with Crippen LogP contribution < -0.4 is 4.74 Å². The third kappa shape index (κ3) is 3.66. The second kappa shape index (κ2) is 6.66. The van der Waals surface area contributed by atoms with Crippen molar-refractivity contribution in [3.63, 3.8) is 0 Å². The molecular formula is C18H18O3. The first-order chi connectivity index (χ1) is 10.1. The van der Waals surface area contributed by atoms with Gasteiger partial charge >= 0.3 is 0 Å². The maximum absolute atomic E-state index is 9.84. The second-order valence-electron chi connectivity index (χ2n) is 4.64. The molecule has 21 heavy (non-hydrogen) atoms. The summed E-state index contributed by atoms with van der Waals surface area (Å²) >= 11 is 0. The number of benzene rings is 2. The third-order valence-corrected chi connectivity index (χ3v) is 3.23. The van der Waals surface area contributed by atoms with Crippen molar-refractivity contribution in [1.82, 2.24) is 0 Å². The Kier molecular flexibility index (Phi) is 4.67. The molecule has 0 saturated heterocycles. The van der Waals surface area contributed by atoms with Gasteiger partial charge in [0.2, 0.25) is 0 Å². The molecular weight excluding hydrogens is 264 g/mol. The van der Waals surface area contributed by atoms with Gasteiger partial charge in [0, 0.05) is 5.92 Å². The number of phenols is 2. The average molecular weight is 282 g/mol. The highest BCUT2D eigenvalue weighted by molar-refractivity contribution is 5.53. The number of methoxy groups -OCH3 is 1. The van der Waals surface area contributed by atoms with Gasteiger partial charge in [0.15, 0.2) is 11.5 Å². The second-order valence-corrected chi connectivity index (χ2v) is 4.64. The van der Waals surface area contributed by atoms with Gasteiger partial charge in [0.25, 0.3) is 0 Å². The number of allylic oxidation sites excluding steroid dienone is 2. The lowest BCUT2D eigenvalue weighted by molar-refractivity contribution is 0.373. The smallest absolute Gasteiger partial charge is 0.160 e. The minimum atomic E-state index is -0.0180. The molecule has 108 valence electrons. The fraction of sp³-hybridized carbons (Fsp3) is 0.111. The zero-order valence-electron chi connectivity index (χ0n) is 11.9. The topological polar surface area (TPSA) is 49.7 Å². The van der Waals surface area contributed by atoms with Gasteiger partial charge in [-0.2, -0.15) is 0 Å². The van der Waals surface area contributed by atoms with E-state index in [2.05, 4.69) is 6.58 Å². The lowest BCUT2D eigenvalue weighted by Crippen LogP contribution is -1.92. The van der Waals surface area contributed by atoms with Crippen LogP contribution in [0.4, 0.5) is 0 Å². The summed E-state index contributed by atoms with van der Waals surface area (Å²) in [5.41, 5.74) is 1.91. The molecule has 0 saturated carbocycles. The summed E-state index contributed by atoms with van der Waals surface area (Å²) in [4.78, 5) is 0. The Morgan fingerprint density at radius 3 is 2.38 bits per heavy atom. The van der Waals surface area contributed by atoms with Crippen LogP contribution in [-0.4, -0.2) is 17.3 Å². The molecule has 3 heteroatoms. The molecule has 2 aromatic carbocycles. The molecule has 0 radical (unpaired) electrons. The van der Waals surface area contributed by atoms with Gasteiger partial charge in [-0.3, -0.25) is 0 Å². The van der Waals surface area contributed by atoms with Crippen LogP contribution in [0.25, 0.3) is 6.08 Å². The van der Waals surface area contributed by atoms with E-state index in [0.29, 0.717) is 5.75 Å². The number of hydrogen-bond acceptors (Lipinski definition) is 3. The molecule has 0 aliphatic rings. The molecule has 0 heterocycles. The first-order valence-electron chi connectivity index (χ1n) is 6.60. The van der Waals surface area contributed by atoms with Crippen LogP contribution in [0.5, 0.6) is 17.2 Å². The summed E-state index contributed by atoms with van der Waals surface area (Å²) in [7, 11) is 1.52. The molecule has 0 spiro atoms. The van der Waals surface area contributed by atoms with E-state index in [1.54, 1.807) is 30.3 Å². The molecule has 0 bridgehead atoms. The van der Waals surface area contributed by atoms with Crippen LogP contribution in [-0.2, 0) is 0 Å². The molecule has 0 aliphatic heterocycles. The Hall–Kier alpha value is -2.68. The third-order valence-electron chi connectivity index (χ3n) is 3.23. The van der Waals surface area contributed by atoms with Gasteiger partial charge in [-0.15, -0.1) is 6.58 Å². The van der Waals surface area contributed by atoms with E-state index in [0.717, 1.165) is 11.1 Å². The Morgan fingerprint density at radius 2 is 1.81 bits per heavy atom. The van der Waals surface area contributed by atoms with Crippen LogP contribution in [0.1, 0.15) is 17.0 Å². The highest BCUT2D eigenvalue weighted by Crippen LogP contribution is 2.30. The monoisotopic (exact) mass is 282 g/mol. The van der Waals surface area contributed by atoms with Crippen molar-refractivity contribution in [1.29, 1.82) is 0 Å². The SMILES string of the molecule is C=C[C@H](C=Cc1ccc(O)cc1)c1ccc(OC)c(O)c1. The van der Waals surface area contributed by atoms with Gasteiger partial charge in [-0.05, 0) is 35.4 Å². The van der Waals surface area contributed by atoms with Crippen LogP contribution in [0.2, 0.25) is 0 Å². The van der Waals surface area contributed by atoms with Crippen molar-refractivity contribution in [3.05, 3.63) is 72.3 Å². The number of ether oxygens (including phenoxy) is 1. The summed E-state index contributed by atoms with van der Waals surface area (Å²) in [6, 6.07) is 12.2. The fourth-order valence-corrected chi connectivity index (χ4v) is 2.04. The number of aromatic hydroxyl groups is 2. The molecule has 0 aromatic heterocycles. The molecule has 2 rings (SSSR count). The molecule has 1 atom stereocenters. The summed E-state index contributed by atoms with van der Waals surface area (Å²) < 4.78 is 5.04. The van der Waals surface area contributed by atoms with E-state index in [-0.39, 0.29) is 17.4 Å². The molecule has 0 unspecified atom stereocenters. The van der Waals surface area contributed by atoms with E-state index in [9.17, 15) is 10.2 Å². The average Bonchev–Trinajstić information content (AvgIpc) is 2.50. The van der Waals surface area contributed by atoms with E-state index in [4.69, 9.17) is 4.74 Å². The number of rotatable bonds is 5. The molecule has 2 aromatic rings. The van der Waals surface area contributed by atoms with E-state index >= 15 is 0 Å². The minimum absolute atomic E-state index is 0.0180. The number of phenolic OH excluding ortho intramolecular Hbond substituents is 2. The van der Waals surface area contributed by atoms with E-state index in [1.807, 2.05) is 30.4 Å². The van der Waals surface area contributed by atoms with Crippen LogP contribution in [0.3, 0.4) is 0 Å². The van der Waals surface area contributed by atoms with Gasteiger partial charge in [-0.25, -0.2) is 0 Å². The quantitative estimate of drug-likeness (QED) is 0.812. The van der Waals surface area contributed by atoms with Crippen LogP contribution >= 0.6 is 0 Å². The Bertz CT molecular complexity index is 642. The largest absolute Gasteiger partial charge is 0.508 e. The highest BCUT2D eigenvalue weighted by Gasteiger charge is 2.08. The van der Waals surface area contributed by atoms with Gasteiger partial charge in [0.05, 0.1) is 7.11 Å². The maximum atomic E-state index is 9.84. The van der Waals surface area contributed by atoms with E-state index in [1.165, 1.54) is 7.11 Å². The first kappa shape index (κ1) is 14.7. The van der Waals surface area contributed by atoms with Crippen molar-refractivity contribution >= 4 is 6.08 Å². The molecule has 3 nitrogen and oxygen atoms in total. The van der Waals surface area contributed by atoms with Gasteiger partial charge < -0.3 is 14.9 Å². The van der Waals surface area contributed by atoms with Crippen molar-refractivity contribution in [2.45, 2.75) is 5.92 Å². The zero-order chi connectivity index (χ0) is 15.2. The fourth-order valence-electron chi connectivity index (χ4n) is 2.04. The number of hydrogen-bond donors (Lipinski definition) is 2. The summed E-state index contributed by atoms with van der Waals surface area (Å²) in [5, 5.41) is 19.1. The van der Waals surface area contributed by atoms with Crippen molar-refractivity contribution in [3.8, 4) is 17.2 Å². The Labute approximate surface area is 124 Å². The summed E-state index contributed by atoms with van der Waals surface area (Å²) in [5.74, 6) is 0.784. The Morgan fingerprint density at radius 1 is 1.10 bits per heavy atom. The summed E-state index contributed by atoms with van der Waals surface area (Å²) in [6.07, 6.45) is 5.74. The standard InChI is InChI=1S/C18H18O3/c1-3-14(7-4-13-5-9-16(19)10-6-13)15-8-11-18(21-2)17(20)12-15/h3-12,14,19-20H,1H2,2H3/t14-/m1/s1. The zero-order valence-corrected chi connectivity index (χ0v) is 11.9. The van der Waals surface area contributed by atoms with Crippen molar-refractivity contribution < 1.29 is 14.9 Å². The minimum Gasteiger partial charge on any atom is -0.508 e. The normalized spacial score (nSPS) is 12.2. The van der Waals surface area contributed by atoms with Gasteiger partial charge in [-0.1, -0.05) is 36.4 Å². The molecule has 0 fully saturated rings. The van der Waals surface area contributed by atoms with Gasteiger partial charge in [0.1, 0.15) is 5.75 Å².